The maximum atomic E-state index is 12.2. The van der Waals surface area contributed by atoms with E-state index in [4.69, 9.17) is 0 Å². The van der Waals surface area contributed by atoms with E-state index in [0.717, 1.165) is 11.3 Å². The lowest BCUT2D eigenvalue weighted by Gasteiger charge is -2.11. The molecule has 0 heterocycles. The predicted octanol–water partition coefficient (Wildman–Crippen LogP) is 2.51. The summed E-state index contributed by atoms with van der Waals surface area (Å²) >= 11 is 0. The van der Waals surface area contributed by atoms with Crippen LogP contribution in [0.3, 0.4) is 0 Å². The summed E-state index contributed by atoms with van der Waals surface area (Å²) in [5.41, 5.74) is 2.90. The summed E-state index contributed by atoms with van der Waals surface area (Å²) in [5.74, 6) is -0.310. The van der Waals surface area contributed by atoms with Gasteiger partial charge in [0.15, 0.2) is 0 Å². The molecule has 0 aromatic heterocycles. The molecule has 0 saturated heterocycles. The van der Waals surface area contributed by atoms with Crippen molar-refractivity contribution >= 4 is 29.1 Å². The first-order valence-corrected chi connectivity index (χ1v) is 9.60. The lowest BCUT2D eigenvalue weighted by Crippen LogP contribution is -2.24. The van der Waals surface area contributed by atoms with Crippen molar-refractivity contribution in [2.24, 2.45) is 0 Å². The van der Waals surface area contributed by atoms with E-state index in [1.165, 1.54) is 0 Å². The van der Waals surface area contributed by atoms with E-state index in [0.29, 0.717) is 30.6 Å². The van der Waals surface area contributed by atoms with E-state index < -0.39 is 0 Å². The van der Waals surface area contributed by atoms with Crippen LogP contribution in [0.4, 0.5) is 11.4 Å². The number of benzene rings is 2. The maximum Gasteiger partial charge on any atom is 0.251 e. The highest BCUT2D eigenvalue weighted by Crippen LogP contribution is 2.14. The van der Waals surface area contributed by atoms with E-state index in [2.05, 4.69) is 16.0 Å². The van der Waals surface area contributed by atoms with Gasteiger partial charge in [-0.3, -0.25) is 14.4 Å². The van der Waals surface area contributed by atoms with Gasteiger partial charge in [-0.05, 0) is 49.2 Å². The van der Waals surface area contributed by atoms with Crippen LogP contribution in [0.2, 0.25) is 0 Å². The quantitative estimate of drug-likeness (QED) is 0.607. The van der Waals surface area contributed by atoms with E-state index >= 15 is 0 Å². The molecule has 3 N–H and O–H groups in total. The Kier molecular flexibility index (Phi) is 8.21. The van der Waals surface area contributed by atoms with Gasteiger partial charge >= 0.3 is 0 Å². The highest BCUT2D eigenvalue weighted by molar-refractivity contribution is 5.98. The van der Waals surface area contributed by atoms with Crippen molar-refractivity contribution in [1.82, 2.24) is 10.2 Å². The number of rotatable bonds is 9. The zero-order valence-electron chi connectivity index (χ0n) is 17.1. The van der Waals surface area contributed by atoms with Crippen LogP contribution >= 0.6 is 0 Å². The first-order valence-electron chi connectivity index (χ1n) is 9.60. The van der Waals surface area contributed by atoms with E-state index in [1.807, 2.05) is 31.2 Å². The van der Waals surface area contributed by atoms with Crippen LogP contribution in [0.1, 0.15) is 29.3 Å². The summed E-state index contributed by atoms with van der Waals surface area (Å²) in [6.07, 6.45) is 1.09. The number of aryl methyl sites for hydroxylation is 1. The molecular weight excluding hydrogens is 368 g/mol. The third-order valence-electron chi connectivity index (χ3n) is 4.25. The number of nitrogens with one attached hydrogen (secondary N) is 3. The van der Waals surface area contributed by atoms with E-state index in [9.17, 15) is 14.4 Å². The van der Waals surface area contributed by atoms with Crippen LogP contribution in [-0.2, 0) is 16.0 Å². The first kappa shape index (κ1) is 21.9. The molecule has 2 rings (SSSR count). The molecule has 2 aromatic carbocycles. The predicted molar refractivity (Wildman–Crippen MR) is 115 cm³/mol. The van der Waals surface area contributed by atoms with Crippen molar-refractivity contribution in [2.45, 2.75) is 19.8 Å². The topological polar surface area (TPSA) is 90.5 Å². The van der Waals surface area contributed by atoms with Crippen LogP contribution in [0, 0.1) is 0 Å². The summed E-state index contributed by atoms with van der Waals surface area (Å²) in [4.78, 5) is 37.4. The fourth-order valence-corrected chi connectivity index (χ4v) is 2.70. The largest absolute Gasteiger partial charge is 0.376 e. The minimum Gasteiger partial charge on any atom is -0.376 e. The second kappa shape index (κ2) is 10.8. The van der Waals surface area contributed by atoms with Gasteiger partial charge in [0.2, 0.25) is 11.8 Å². The minimum atomic E-state index is -0.216. The van der Waals surface area contributed by atoms with Gasteiger partial charge in [0.25, 0.3) is 5.91 Å². The summed E-state index contributed by atoms with van der Waals surface area (Å²) in [6, 6.07) is 14.5. The average Bonchev–Trinajstić information content (AvgIpc) is 2.71. The average molecular weight is 396 g/mol. The molecule has 0 atom stereocenters. The van der Waals surface area contributed by atoms with Gasteiger partial charge in [0.05, 0.1) is 6.54 Å². The molecule has 0 unspecified atom stereocenters. The van der Waals surface area contributed by atoms with Gasteiger partial charge in [-0.1, -0.05) is 18.2 Å². The zero-order valence-corrected chi connectivity index (χ0v) is 17.1. The molecule has 2 aromatic rings. The Morgan fingerprint density at radius 3 is 2.41 bits per heavy atom. The smallest absolute Gasteiger partial charge is 0.251 e. The molecule has 7 nitrogen and oxygen atoms in total. The molecule has 29 heavy (non-hydrogen) atoms. The van der Waals surface area contributed by atoms with Gasteiger partial charge in [-0.15, -0.1) is 0 Å². The number of carbonyl (C=O) groups excluding carboxylic acids is 3. The third-order valence-corrected chi connectivity index (χ3v) is 4.25. The number of hydrogen-bond donors (Lipinski definition) is 3. The summed E-state index contributed by atoms with van der Waals surface area (Å²) in [6.45, 7) is 2.48. The molecule has 0 fully saturated rings. The Labute approximate surface area is 171 Å². The number of nitrogens with zero attached hydrogens (tertiary/aromatic N) is 1. The van der Waals surface area contributed by atoms with Crippen molar-refractivity contribution in [3.63, 3.8) is 0 Å². The standard InChI is InChI=1S/C22H28N4O3/c1-4-23-22(29)17-8-6-10-19(14-17)25-20(27)15-24-18-9-5-7-16(13-18)11-12-21(28)26(2)3/h5-10,13-14,24H,4,11-12,15H2,1-3H3,(H,23,29)(H,25,27). The SMILES string of the molecule is CCNC(=O)c1cccc(NC(=O)CNc2cccc(CCC(=O)N(C)C)c2)c1. The lowest BCUT2D eigenvalue weighted by molar-refractivity contribution is -0.128. The number of amides is 3. The molecule has 3 amide bonds. The molecule has 0 aliphatic rings. The molecular formula is C22H28N4O3. The lowest BCUT2D eigenvalue weighted by atomic mass is 10.1. The number of hydrogen-bond acceptors (Lipinski definition) is 4. The third kappa shape index (κ3) is 7.29. The molecule has 7 heteroatoms. The minimum absolute atomic E-state index is 0.0811. The molecule has 0 saturated carbocycles. The fraction of sp³-hybridized carbons (Fsp3) is 0.318. The van der Waals surface area contributed by atoms with Gasteiger partial charge in [0, 0.05) is 44.0 Å². The van der Waals surface area contributed by atoms with E-state index in [-0.39, 0.29) is 24.3 Å². The van der Waals surface area contributed by atoms with E-state index in [1.54, 1.807) is 43.3 Å². The van der Waals surface area contributed by atoms with Gasteiger partial charge in [-0.25, -0.2) is 0 Å². The second-order valence-electron chi connectivity index (χ2n) is 6.83. The van der Waals surface area contributed by atoms with Crippen molar-refractivity contribution in [1.29, 1.82) is 0 Å². The van der Waals surface area contributed by atoms with Gasteiger partial charge in [0.1, 0.15) is 0 Å². The number of anilines is 2. The fourth-order valence-electron chi connectivity index (χ4n) is 2.70. The van der Waals surface area contributed by atoms with Crippen molar-refractivity contribution in [3.05, 3.63) is 59.7 Å². The summed E-state index contributed by atoms with van der Waals surface area (Å²) < 4.78 is 0. The Hall–Kier alpha value is -3.35. The summed E-state index contributed by atoms with van der Waals surface area (Å²) in [5, 5.41) is 8.60. The van der Waals surface area contributed by atoms with Crippen LogP contribution in [-0.4, -0.2) is 49.8 Å². The monoisotopic (exact) mass is 396 g/mol. The highest BCUT2D eigenvalue weighted by atomic mass is 16.2. The highest BCUT2D eigenvalue weighted by Gasteiger charge is 2.08. The zero-order chi connectivity index (χ0) is 21.2. The molecule has 0 radical (unpaired) electrons. The van der Waals surface area contributed by atoms with Crippen LogP contribution in [0.15, 0.2) is 48.5 Å². The maximum absolute atomic E-state index is 12.2. The Morgan fingerprint density at radius 1 is 0.966 bits per heavy atom. The molecule has 154 valence electrons. The number of carbonyl (C=O) groups is 3. The van der Waals surface area contributed by atoms with Crippen LogP contribution < -0.4 is 16.0 Å². The van der Waals surface area contributed by atoms with Gasteiger partial charge < -0.3 is 20.9 Å². The van der Waals surface area contributed by atoms with Gasteiger partial charge in [-0.2, -0.15) is 0 Å². The molecule has 0 aliphatic heterocycles. The Morgan fingerprint density at radius 2 is 1.69 bits per heavy atom. The van der Waals surface area contributed by atoms with Crippen molar-refractivity contribution < 1.29 is 14.4 Å². The first-order chi connectivity index (χ1) is 13.9. The van der Waals surface area contributed by atoms with Crippen LogP contribution in [0.25, 0.3) is 0 Å². The Bertz CT molecular complexity index is 865. The second-order valence-corrected chi connectivity index (χ2v) is 6.83. The molecule has 0 bridgehead atoms. The Balaban J connectivity index is 1.88. The summed E-state index contributed by atoms with van der Waals surface area (Å²) in [7, 11) is 3.48. The normalized spacial score (nSPS) is 10.2. The molecule has 0 spiro atoms. The van der Waals surface area contributed by atoms with Crippen LogP contribution in [0.5, 0.6) is 0 Å². The molecule has 0 aliphatic carbocycles. The van der Waals surface area contributed by atoms with Crippen molar-refractivity contribution in [2.75, 3.05) is 37.8 Å². The van der Waals surface area contributed by atoms with Crippen molar-refractivity contribution in [3.8, 4) is 0 Å².